The summed E-state index contributed by atoms with van der Waals surface area (Å²) in [6.07, 6.45) is 6.06. The van der Waals surface area contributed by atoms with Crippen LogP contribution in [0.2, 0.25) is 5.02 Å². The number of ether oxygens (including phenoxy) is 1. The predicted molar refractivity (Wildman–Crippen MR) is 127 cm³/mol. The SMILES string of the molecule is CCn1cc(Nc2nc(N3CC4CCN(C(=O)OC(C)(C)C)CC43)c3c(Cl)c[nH]c3n2)cn1. The van der Waals surface area contributed by atoms with Crippen molar-refractivity contribution in [2.75, 3.05) is 29.9 Å². The summed E-state index contributed by atoms with van der Waals surface area (Å²) in [7, 11) is 0. The second kappa shape index (κ2) is 8.09. The molecule has 2 N–H and O–H groups in total. The highest BCUT2D eigenvalue weighted by atomic mass is 35.5. The number of nitrogens with zero attached hydrogens (tertiary/aromatic N) is 6. The Bertz CT molecular complexity index is 1180. The third-order valence-electron chi connectivity index (χ3n) is 6.15. The summed E-state index contributed by atoms with van der Waals surface area (Å²) in [6.45, 7) is 10.6. The van der Waals surface area contributed by atoms with Crippen LogP contribution in [-0.4, -0.2) is 67.0 Å². The summed E-state index contributed by atoms with van der Waals surface area (Å²) in [4.78, 5) is 29.3. The Labute approximate surface area is 197 Å². The van der Waals surface area contributed by atoms with Gasteiger partial charge in [0.25, 0.3) is 0 Å². The lowest BCUT2D eigenvalue weighted by molar-refractivity contribution is 0.0106. The molecule has 2 fully saturated rings. The van der Waals surface area contributed by atoms with E-state index in [2.05, 4.69) is 25.3 Å². The molecule has 5 rings (SSSR count). The van der Waals surface area contributed by atoms with E-state index in [9.17, 15) is 4.79 Å². The number of aryl methyl sites for hydroxylation is 1. The molecule has 2 atom stereocenters. The number of amides is 1. The second-order valence-corrected chi connectivity index (χ2v) is 10.0. The average molecular weight is 473 g/mol. The van der Waals surface area contributed by atoms with Crippen molar-refractivity contribution in [3.05, 3.63) is 23.6 Å². The predicted octanol–water partition coefficient (Wildman–Crippen LogP) is 4.02. The fraction of sp³-hybridized carbons (Fsp3) is 0.545. The lowest BCUT2D eigenvalue weighted by Crippen LogP contribution is -2.65. The molecule has 3 aromatic rings. The van der Waals surface area contributed by atoms with Gasteiger partial charge in [-0.3, -0.25) is 4.68 Å². The van der Waals surface area contributed by atoms with E-state index in [1.807, 2.05) is 38.6 Å². The van der Waals surface area contributed by atoms with Gasteiger partial charge >= 0.3 is 6.09 Å². The van der Waals surface area contributed by atoms with Crippen LogP contribution in [0.25, 0.3) is 11.0 Å². The summed E-state index contributed by atoms with van der Waals surface area (Å²) in [6, 6.07) is 0.158. The molecular formula is C22H29ClN8O2. The smallest absolute Gasteiger partial charge is 0.410 e. The summed E-state index contributed by atoms with van der Waals surface area (Å²) in [5.41, 5.74) is 0.963. The zero-order valence-corrected chi connectivity index (χ0v) is 20.1. The average Bonchev–Trinajstić information content (AvgIpc) is 3.34. The normalized spacial score (nSPS) is 20.5. The van der Waals surface area contributed by atoms with Crippen LogP contribution in [0.5, 0.6) is 0 Å². The number of aromatic amines is 1. The molecule has 1 amide bonds. The van der Waals surface area contributed by atoms with Gasteiger partial charge in [0, 0.05) is 44.5 Å². The third kappa shape index (κ3) is 4.19. The van der Waals surface area contributed by atoms with Crippen LogP contribution < -0.4 is 10.2 Å². The van der Waals surface area contributed by atoms with Crippen molar-refractivity contribution in [1.82, 2.24) is 29.6 Å². The summed E-state index contributed by atoms with van der Waals surface area (Å²) < 4.78 is 7.43. The van der Waals surface area contributed by atoms with E-state index in [-0.39, 0.29) is 12.1 Å². The Morgan fingerprint density at radius 3 is 2.88 bits per heavy atom. The molecule has 2 saturated heterocycles. The zero-order valence-electron chi connectivity index (χ0n) is 19.3. The molecule has 0 aromatic carbocycles. The monoisotopic (exact) mass is 472 g/mol. The van der Waals surface area contributed by atoms with Crippen LogP contribution in [0.15, 0.2) is 18.6 Å². The molecule has 2 unspecified atom stereocenters. The molecule has 33 heavy (non-hydrogen) atoms. The van der Waals surface area contributed by atoms with Crippen LogP contribution in [0.4, 0.5) is 22.2 Å². The van der Waals surface area contributed by atoms with Crippen molar-refractivity contribution in [3.63, 3.8) is 0 Å². The number of likely N-dealkylation sites (tertiary alicyclic amines) is 1. The highest BCUT2D eigenvalue weighted by molar-refractivity contribution is 6.36. The number of piperidine rings is 1. The first-order valence-corrected chi connectivity index (χ1v) is 11.7. The maximum absolute atomic E-state index is 12.7. The van der Waals surface area contributed by atoms with Crippen molar-refractivity contribution >= 4 is 46.2 Å². The number of carbonyl (C=O) groups is 1. The fourth-order valence-corrected chi connectivity index (χ4v) is 4.73. The highest BCUT2D eigenvalue weighted by Gasteiger charge is 2.45. The molecule has 2 aliphatic heterocycles. The van der Waals surface area contributed by atoms with E-state index in [4.69, 9.17) is 21.3 Å². The standard InChI is InChI=1S/C22H29ClN8O2/c1-5-30-11-14(8-25-30)26-20-27-18-17(15(23)9-24-18)19(28-20)31-10-13-6-7-29(12-16(13)31)21(32)33-22(2,3)4/h8-9,11,13,16H,5-7,10,12H2,1-4H3,(H2,24,26,27,28). The van der Waals surface area contributed by atoms with Gasteiger partial charge in [-0.05, 0) is 34.1 Å². The number of fused-ring (bicyclic) bond motifs is 2. The number of aromatic nitrogens is 5. The number of nitrogens with one attached hydrogen (secondary N) is 2. The van der Waals surface area contributed by atoms with Gasteiger partial charge in [0.15, 0.2) is 0 Å². The molecule has 11 heteroatoms. The largest absolute Gasteiger partial charge is 0.444 e. The van der Waals surface area contributed by atoms with Gasteiger partial charge in [-0.15, -0.1) is 0 Å². The molecule has 10 nitrogen and oxygen atoms in total. The number of halogens is 1. The van der Waals surface area contributed by atoms with Gasteiger partial charge < -0.3 is 24.8 Å². The Balaban J connectivity index is 1.41. The van der Waals surface area contributed by atoms with Gasteiger partial charge in [-0.25, -0.2) is 4.79 Å². The van der Waals surface area contributed by atoms with Gasteiger partial charge in [0.1, 0.15) is 17.1 Å². The molecule has 176 valence electrons. The number of hydrogen-bond donors (Lipinski definition) is 2. The Kier molecular flexibility index (Phi) is 5.35. The lowest BCUT2D eigenvalue weighted by atomic mass is 9.82. The first kappa shape index (κ1) is 21.8. The minimum atomic E-state index is -0.517. The summed E-state index contributed by atoms with van der Waals surface area (Å²) in [5.74, 6) is 1.74. The van der Waals surface area contributed by atoms with Crippen molar-refractivity contribution in [2.24, 2.45) is 5.92 Å². The van der Waals surface area contributed by atoms with Gasteiger partial charge in [-0.2, -0.15) is 15.1 Å². The van der Waals surface area contributed by atoms with Crippen molar-refractivity contribution in [2.45, 2.75) is 52.3 Å². The number of anilines is 3. The molecule has 5 heterocycles. The van der Waals surface area contributed by atoms with E-state index in [1.165, 1.54) is 0 Å². The lowest BCUT2D eigenvalue weighted by Gasteiger charge is -2.54. The molecule has 3 aromatic heterocycles. The van der Waals surface area contributed by atoms with Crippen LogP contribution >= 0.6 is 11.6 Å². The number of rotatable bonds is 4. The quantitative estimate of drug-likeness (QED) is 0.591. The first-order chi connectivity index (χ1) is 15.7. The topological polar surface area (TPSA) is 104 Å². The number of carbonyl (C=O) groups excluding carboxylic acids is 1. The Morgan fingerprint density at radius 1 is 1.33 bits per heavy atom. The van der Waals surface area contributed by atoms with E-state index in [1.54, 1.807) is 17.3 Å². The molecule has 0 bridgehead atoms. The second-order valence-electron chi connectivity index (χ2n) is 9.64. The zero-order chi connectivity index (χ0) is 23.3. The summed E-state index contributed by atoms with van der Waals surface area (Å²) in [5, 5.41) is 8.91. The van der Waals surface area contributed by atoms with Crippen molar-refractivity contribution < 1.29 is 9.53 Å². The third-order valence-corrected chi connectivity index (χ3v) is 6.45. The van der Waals surface area contributed by atoms with Gasteiger partial charge in [0.2, 0.25) is 5.95 Å². The van der Waals surface area contributed by atoms with Crippen LogP contribution in [0.3, 0.4) is 0 Å². The van der Waals surface area contributed by atoms with Crippen LogP contribution in [0.1, 0.15) is 34.1 Å². The number of H-pyrrole nitrogens is 1. The Hall–Kier alpha value is -3.01. The fourth-order valence-electron chi connectivity index (χ4n) is 4.50. The van der Waals surface area contributed by atoms with E-state index in [0.29, 0.717) is 35.6 Å². The number of hydrogen-bond acceptors (Lipinski definition) is 7. The highest BCUT2D eigenvalue weighted by Crippen LogP contribution is 2.41. The van der Waals surface area contributed by atoms with Crippen molar-refractivity contribution in [3.8, 4) is 0 Å². The first-order valence-electron chi connectivity index (χ1n) is 11.3. The Morgan fingerprint density at radius 2 is 2.15 bits per heavy atom. The molecule has 0 spiro atoms. The van der Waals surface area contributed by atoms with Crippen LogP contribution in [-0.2, 0) is 11.3 Å². The molecular weight excluding hydrogens is 444 g/mol. The maximum Gasteiger partial charge on any atom is 0.410 e. The van der Waals surface area contributed by atoms with E-state index < -0.39 is 5.60 Å². The van der Waals surface area contributed by atoms with Gasteiger partial charge in [0.05, 0.1) is 28.3 Å². The van der Waals surface area contributed by atoms with E-state index in [0.717, 1.165) is 36.4 Å². The van der Waals surface area contributed by atoms with Gasteiger partial charge in [-0.1, -0.05) is 11.6 Å². The summed E-state index contributed by atoms with van der Waals surface area (Å²) >= 11 is 6.51. The minimum Gasteiger partial charge on any atom is -0.444 e. The minimum absolute atomic E-state index is 0.158. The maximum atomic E-state index is 12.7. The molecule has 0 radical (unpaired) electrons. The molecule has 0 saturated carbocycles. The molecule has 2 aliphatic rings. The molecule has 0 aliphatic carbocycles. The van der Waals surface area contributed by atoms with Crippen molar-refractivity contribution in [1.29, 1.82) is 0 Å². The van der Waals surface area contributed by atoms with E-state index >= 15 is 0 Å². The van der Waals surface area contributed by atoms with Crippen LogP contribution in [0, 0.1) is 5.92 Å².